The molecule has 0 heterocycles. The van der Waals surface area contributed by atoms with Gasteiger partial charge in [-0.3, -0.25) is 9.10 Å². The van der Waals surface area contributed by atoms with Crippen LogP contribution < -0.4 is 9.62 Å². The second-order valence-corrected chi connectivity index (χ2v) is 8.59. The van der Waals surface area contributed by atoms with Crippen molar-refractivity contribution in [2.75, 3.05) is 22.4 Å². The average Bonchev–Trinajstić information content (AvgIpc) is 2.55. The number of carbonyl (C=O) groups is 1. The van der Waals surface area contributed by atoms with Crippen LogP contribution in [-0.2, 0) is 21.0 Å². The molecule has 0 unspecified atom stereocenters. The van der Waals surface area contributed by atoms with Gasteiger partial charge in [0.2, 0.25) is 15.9 Å². The summed E-state index contributed by atoms with van der Waals surface area (Å²) in [6, 6.07) is 7.80. The van der Waals surface area contributed by atoms with Gasteiger partial charge in [-0.2, -0.15) is 13.2 Å². The van der Waals surface area contributed by atoms with E-state index in [0.29, 0.717) is 16.1 Å². The molecule has 10 heteroatoms. The molecule has 0 aliphatic carbocycles. The number of anilines is 2. The minimum Gasteiger partial charge on any atom is -0.325 e. The first-order valence-corrected chi connectivity index (χ1v) is 10.2. The number of hydrogen-bond acceptors (Lipinski definition) is 3. The monoisotopic (exact) mass is 434 g/mol. The van der Waals surface area contributed by atoms with Crippen LogP contribution in [0.3, 0.4) is 0 Å². The van der Waals surface area contributed by atoms with Crippen LogP contribution in [0.15, 0.2) is 36.4 Å². The smallest absolute Gasteiger partial charge is 0.325 e. The fraction of sp³-hybridized carbons (Fsp3) is 0.278. The molecule has 2 aromatic carbocycles. The Bertz CT molecular complexity index is 1010. The van der Waals surface area contributed by atoms with E-state index >= 15 is 0 Å². The molecule has 0 aliphatic rings. The van der Waals surface area contributed by atoms with Gasteiger partial charge in [-0.25, -0.2) is 8.42 Å². The zero-order chi connectivity index (χ0) is 21.3. The minimum absolute atomic E-state index is 0.311. The highest BCUT2D eigenvalue weighted by molar-refractivity contribution is 7.92. The molecule has 2 rings (SSSR count). The molecule has 28 heavy (non-hydrogen) atoms. The van der Waals surface area contributed by atoms with Crippen molar-refractivity contribution in [1.82, 2.24) is 0 Å². The van der Waals surface area contributed by atoms with Crippen molar-refractivity contribution < 1.29 is 26.4 Å². The van der Waals surface area contributed by atoms with Crippen molar-refractivity contribution in [2.24, 2.45) is 0 Å². The van der Waals surface area contributed by atoms with E-state index in [2.05, 4.69) is 5.32 Å². The summed E-state index contributed by atoms with van der Waals surface area (Å²) in [5, 5.41) is 1.98. The fourth-order valence-electron chi connectivity index (χ4n) is 2.44. The van der Waals surface area contributed by atoms with E-state index in [1.807, 2.05) is 13.8 Å². The summed E-state index contributed by atoms with van der Waals surface area (Å²) in [5.74, 6) is -0.697. The van der Waals surface area contributed by atoms with Crippen LogP contribution in [0.2, 0.25) is 5.02 Å². The highest BCUT2D eigenvalue weighted by Crippen LogP contribution is 2.37. The van der Waals surface area contributed by atoms with Crippen molar-refractivity contribution >= 4 is 38.9 Å². The highest BCUT2D eigenvalue weighted by atomic mass is 35.5. The molecule has 0 saturated carbocycles. The lowest BCUT2D eigenvalue weighted by Crippen LogP contribution is -2.37. The molecule has 0 aliphatic heterocycles. The quantitative estimate of drug-likeness (QED) is 0.759. The number of rotatable bonds is 5. The van der Waals surface area contributed by atoms with Gasteiger partial charge in [0.25, 0.3) is 0 Å². The zero-order valence-corrected chi connectivity index (χ0v) is 16.8. The summed E-state index contributed by atoms with van der Waals surface area (Å²) >= 11 is 5.57. The second-order valence-electron chi connectivity index (χ2n) is 6.28. The molecule has 0 fully saturated rings. The number of carbonyl (C=O) groups excluding carboxylic acids is 1. The van der Waals surface area contributed by atoms with E-state index in [9.17, 15) is 26.4 Å². The van der Waals surface area contributed by atoms with Gasteiger partial charge < -0.3 is 5.32 Å². The van der Waals surface area contributed by atoms with Crippen molar-refractivity contribution in [2.45, 2.75) is 20.0 Å². The Kier molecular flexibility index (Phi) is 6.30. The number of benzene rings is 2. The minimum atomic E-state index is -4.77. The Balaban J connectivity index is 2.32. The number of sulfonamides is 1. The molecular formula is C18H18ClF3N2O3S. The predicted molar refractivity (Wildman–Crippen MR) is 103 cm³/mol. The maximum absolute atomic E-state index is 13.1. The first-order valence-electron chi connectivity index (χ1n) is 8.00. The third-order valence-electron chi connectivity index (χ3n) is 4.02. The van der Waals surface area contributed by atoms with Gasteiger partial charge in [-0.05, 0) is 55.3 Å². The van der Waals surface area contributed by atoms with Crippen LogP contribution in [-0.4, -0.2) is 27.1 Å². The summed E-state index contributed by atoms with van der Waals surface area (Å²) < 4.78 is 64.0. The molecule has 0 atom stereocenters. The van der Waals surface area contributed by atoms with E-state index in [1.165, 1.54) is 0 Å². The van der Waals surface area contributed by atoms with Crippen LogP contribution in [0.4, 0.5) is 24.5 Å². The average molecular weight is 435 g/mol. The first-order chi connectivity index (χ1) is 12.8. The summed E-state index contributed by atoms with van der Waals surface area (Å²) in [7, 11) is -4.03. The van der Waals surface area contributed by atoms with Crippen LogP contribution in [0.5, 0.6) is 0 Å². The lowest BCUT2D eigenvalue weighted by molar-refractivity contribution is -0.137. The molecule has 5 nitrogen and oxygen atoms in total. The Morgan fingerprint density at radius 1 is 1.11 bits per heavy atom. The highest BCUT2D eigenvalue weighted by Gasteiger charge is 2.34. The van der Waals surface area contributed by atoms with Gasteiger partial charge in [0.1, 0.15) is 6.54 Å². The number of halogens is 4. The lowest BCUT2D eigenvalue weighted by atomic mass is 10.1. The normalized spacial score (nSPS) is 12.0. The molecular weight excluding hydrogens is 417 g/mol. The molecule has 2 aromatic rings. The number of amides is 1. The van der Waals surface area contributed by atoms with Crippen LogP contribution in [0.1, 0.15) is 16.7 Å². The lowest BCUT2D eigenvalue weighted by Gasteiger charge is -2.23. The summed E-state index contributed by atoms with van der Waals surface area (Å²) in [4.78, 5) is 12.3. The van der Waals surface area contributed by atoms with E-state index in [1.54, 1.807) is 18.2 Å². The third kappa shape index (κ3) is 5.39. The predicted octanol–water partition coefficient (Wildman–Crippen LogP) is 4.38. The summed E-state index contributed by atoms with van der Waals surface area (Å²) in [5.41, 5.74) is 0.889. The van der Waals surface area contributed by atoms with Crippen molar-refractivity contribution in [3.8, 4) is 0 Å². The van der Waals surface area contributed by atoms with Gasteiger partial charge in [-0.15, -0.1) is 0 Å². The Morgan fingerprint density at radius 3 is 2.29 bits per heavy atom. The van der Waals surface area contributed by atoms with Crippen molar-refractivity contribution in [3.63, 3.8) is 0 Å². The number of nitrogens with zero attached hydrogens (tertiary/aromatic N) is 1. The molecule has 0 aromatic heterocycles. The molecule has 0 bridgehead atoms. The van der Waals surface area contributed by atoms with Gasteiger partial charge >= 0.3 is 6.18 Å². The van der Waals surface area contributed by atoms with Crippen LogP contribution >= 0.6 is 11.6 Å². The zero-order valence-electron chi connectivity index (χ0n) is 15.3. The van der Waals surface area contributed by atoms with Gasteiger partial charge in [-0.1, -0.05) is 17.7 Å². The molecule has 0 radical (unpaired) electrons. The third-order valence-corrected chi connectivity index (χ3v) is 5.49. The molecule has 152 valence electrons. The SMILES string of the molecule is Cc1ccc(NC(=O)CN(c2ccc(Cl)c(C(F)(F)F)c2)S(C)(=O)=O)cc1C. The topological polar surface area (TPSA) is 66.5 Å². The van der Waals surface area contributed by atoms with Crippen molar-refractivity contribution in [3.05, 3.63) is 58.1 Å². The van der Waals surface area contributed by atoms with Gasteiger partial charge in [0.05, 0.1) is 22.5 Å². The number of hydrogen-bond donors (Lipinski definition) is 1. The maximum Gasteiger partial charge on any atom is 0.417 e. The second kappa shape index (κ2) is 8.00. The van der Waals surface area contributed by atoms with E-state index < -0.39 is 39.2 Å². The number of nitrogens with one attached hydrogen (secondary N) is 1. The Morgan fingerprint density at radius 2 is 1.75 bits per heavy atom. The first kappa shape index (κ1) is 22.0. The van der Waals surface area contributed by atoms with Gasteiger partial charge in [0, 0.05) is 5.69 Å². The number of aryl methyl sites for hydroxylation is 2. The molecule has 1 amide bonds. The molecule has 0 spiro atoms. The van der Waals surface area contributed by atoms with Crippen LogP contribution in [0, 0.1) is 13.8 Å². The van der Waals surface area contributed by atoms with Crippen LogP contribution in [0.25, 0.3) is 0 Å². The standard InChI is InChI=1S/C18H18ClF3N2O3S/c1-11-4-5-13(8-12(11)2)23-17(25)10-24(28(3,26)27)14-6-7-16(19)15(9-14)18(20,21)22/h4-9H,10H2,1-3H3,(H,23,25). The van der Waals surface area contributed by atoms with E-state index in [4.69, 9.17) is 11.6 Å². The maximum atomic E-state index is 13.1. The number of alkyl halides is 3. The van der Waals surface area contributed by atoms with E-state index in [0.717, 1.165) is 29.5 Å². The van der Waals surface area contributed by atoms with E-state index in [-0.39, 0.29) is 5.69 Å². The molecule has 0 saturated heterocycles. The van der Waals surface area contributed by atoms with Gasteiger partial charge in [0.15, 0.2) is 0 Å². The summed E-state index contributed by atoms with van der Waals surface area (Å²) in [6.07, 6.45) is -3.96. The Labute approximate surface area is 166 Å². The molecule has 1 N–H and O–H groups in total. The summed E-state index contributed by atoms with van der Waals surface area (Å²) in [6.45, 7) is 3.05. The van der Waals surface area contributed by atoms with Crippen molar-refractivity contribution in [1.29, 1.82) is 0 Å². The Hall–Kier alpha value is -2.26. The largest absolute Gasteiger partial charge is 0.417 e. The fourth-order valence-corrected chi connectivity index (χ4v) is 3.51.